The number of benzene rings is 1. The van der Waals surface area contributed by atoms with E-state index in [1.54, 1.807) is 24.3 Å². The highest BCUT2D eigenvalue weighted by Gasteiger charge is 2.29. The van der Waals surface area contributed by atoms with Crippen LogP contribution in [0, 0.1) is 0 Å². The third-order valence-electron chi connectivity index (χ3n) is 3.27. The predicted molar refractivity (Wildman–Crippen MR) is 78.3 cm³/mol. The van der Waals surface area contributed by atoms with Gasteiger partial charge in [0.05, 0.1) is 6.54 Å². The molecule has 1 heterocycles. The second-order valence-corrected chi connectivity index (χ2v) is 4.83. The molecule has 21 heavy (non-hydrogen) atoms. The van der Waals surface area contributed by atoms with E-state index in [1.807, 2.05) is 6.92 Å². The van der Waals surface area contributed by atoms with Crippen LogP contribution >= 0.6 is 0 Å². The maximum absolute atomic E-state index is 11.9. The Hall–Kier alpha value is -2.57. The van der Waals surface area contributed by atoms with Gasteiger partial charge in [-0.15, -0.1) is 0 Å². The van der Waals surface area contributed by atoms with Crippen molar-refractivity contribution in [1.82, 2.24) is 9.80 Å². The maximum atomic E-state index is 11.9. The first-order valence-electron chi connectivity index (χ1n) is 6.70. The number of carbonyl (C=O) groups is 3. The van der Waals surface area contributed by atoms with E-state index in [4.69, 9.17) is 5.73 Å². The number of amides is 3. The maximum Gasteiger partial charge on any atom is 0.244 e. The van der Waals surface area contributed by atoms with Gasteiger partial charge in [-0.1, -0.05) is 0 Å². The van der Waals surface area contributed by atoms with E-state index >= 15 is 0 Å². The van der Waals surface area contributed by atoms with Gasteiger partial charge in [0.2, 0.25) is 17.7 Å². The number of hydrogen-bond donors (Lipinski definition) is 2. The SMILES string of the molecule is CCN1CC(=O)N(CC(=O)Nc2ccc(N)cc2)CC1=O. The Morgan fingerprint density at radius 1 is 1.14 bits per heavy atom. The zero-order chi connectivity index (χ0) is 15.4. The molecule has 112 valence electrons. The van der Waals surface area contributed by atoms with Crippen LogP contribution in [0.1, 0.15) is 6.92 Å². The molecule has 0 saturated carbocycles. The number of nitrogens with two attached hydrogens (primary N) is 1. The van der Waals surface area contributed by atoms with Crippen molar-refractivity contribution in [2.24, 2.45) is 0 Å². The largest absolute Gasteiger partial charge is 0.399 e. The molecule has 0 aromatic heterocycles. The summed E-state index contributed by atoms with van der Waals surface area (Å²) in [5.74, 6) is -0.702. The Balaban J connectivity index is 1.92. The van der Waals surface area contributed by atoms with E-state index in [0.717, 1.165) is 0 Å². The van der Waals surface area contributed by atoms with Crippen LogP contribution in [-0.4, -0.2) is 53.7 Å². The van der Waals surface area contributed by atoms with Crippen LogP contribution in [0.2, 0.25) is 0 Å². The van der Waals surface area contributed by atoms with Gasteiger partial charge in [-0.05, 0) is 31.2 Å². The van der Waals surface area contributed by atoms with Crippen LogP contribution in [0.15, 0.2) is 24.3 Å². The zero-order valence-electron chi connectivity index (χ0n) is 11.8. The molecule has 7 heteroatoms. The Kier molecular flexibility index (Phi) is 4.42. The third kappa shape index (κ3) is 3.71. The van der Waals surface area contributed by atoms with Crippen LogP contribution in [0.3, 0.4) is 0 Å². The van der Waals surface area contributed by atoms with E-state index in [1.165, 1.54) is 9.80 Å². The van der Waals surface area contributed by atoms with Gasteiger partial charge in [0.25, 0.3) is 0 Å². The fraction of sp³-hybridized carbons (Fsp3) is 0.357. The van der Waals surface area contributed by atoms with Gasteiger partial charge in [-0.2, -0.15) is 0 Å². The molecule has 0 atom stereocenters. The fourth-order valence-corrected chi connectivity index (χ4v) is 2.08. The van der Waals surface area contributed by atoms with Crippen LogP contribution in [0.25, 0.3) is 0 Å². The Labute approximate surface area is 122 Å². The summed E-state index contributed by atoms with van der Waals surface area (Å²) in [4.78, 5) is 38.3. The average molecular weight is 290 g/mol. The van der Waals surface area contributed by atoms with Crippen molar-refractivity contribution in [3.8, 4) is 0 Å². The molecule has 3 N–H and O–H groups in total. The second kappa shape index (κ2) is 6.25. The van der Waals surface area contributed by atoms with Crippen LogP contribution in [0.4, 0.5) is 11.4 Å². The van der Waals surface area contributed by atoms with E-state index in [9.17, 15) is 14.4 Å². The van der Waals surface area contributed by atoms with Crippen molar-refractivity contribution < 1.29 is 14.4 Å². The van der Waals surface area contributed by atoms with Crippen molar-refractivity contribution in [3.63, 3.8) is 0 Å². The molecule has 0 unspecified atom stereocenters. The Morgan fingerprint density at radius 2 is 1.71 bits per heavy atom. The van der Waals surface area contributed by atoms with Crippen molar-refractivity contribution in [2.75, 3.05) is 37.2 Å². The van der Waals surface area contributed by atoms with Gasteiger partial charge < -0.3 is 20.9 Å². The van der Waals surface area contributed by atoms with Gasteiger partial charge in [0.15, 0.2) is 0 Å². The number of nitrogens with zero attached hydrogens (tertiary/aromatic N) is 2. The third-order valence-corrected chi connectivity index (χ3v) is 3.27. The summed E-state index contributed by atoms with van der Waals surface area (Å²) in [6.07, 6.45) is 0. The quantitative estimate of drug-likeness (QED) is 0.757. The molecule has 1 fully saturated rings. The molecule has 0 aliphatic carbocycles. The standard InChI is InChI=1S/C14H18N4O3/c1-2-17-8-14(21)18(9-13(17)20)7-12(19)16-11-5-3-10(15)4-6-11/h3-6H,2,7-9,15H2,1H3,(H,16,19). The molecular weight excluding hydrogens is 272 g/mol. The Morgan fingerprint density at radius 3 is 2.33 bits per heavy atom. The summed E-state index contributed by atoms with van der Waals surface area (Å²) in [7, 11) is 0. The van der Waals surface area contributed by atoms with Crippen molar-refractivity contribution in [3.05, 3.63) is 24.3 Å². The lowest BCUT2D eigenvalue weighted by Gasteiger charge is -2.32. The molecule has 0 radical (unpaired) electrons. The van der Waals surface area contributed by atoms with E-state index in [-0.39, 0.29) is 37.4 Å². The number of nitrogen functional groups attached to an aromatic ring is 1. The minimum absolute atomic E-state index is 0.0322. The molecule has 0 bridgehead atoms. The lowest BCUT2D eigenvalue weighted by atomic mass is 10.2. The van der Waals surface area contributed by atoms with E-state index in [2.05, 4.69) is 5.32 Å². The first-order valence-corrected chi connectivity index (χ1v) is 6.70. The summed E-state index contributed by atoms with van der Waals surface area (Å²) in [5.41, 5.74) is 6.76. The van der Waals surface area contributed by atoms with Gasteiger partial charge in [0.1, 0.15) is 13.1 Å². The summed E-state index contributed by atoms with van der Waals surface area (Å²) in [6.45, 7) is 2.16. The number of carbonyl (C=O) groups excluding carboxylic acids is 3. The van der Waals surface area contributed by atoms with Crippen molar-refractivity contribution in [1.29, 1.82) is 0 Å². The summed E-state index contributed by atoms with van der Waals surface area (Å²) in [6, 6.07) is 6.69. The molecule has 1 aliphatic rings. The highest BCUT2D eigenvalue weighted by Crippen LogP contribution is 2.11. The molecule has 0 spiro atoms. The molecular formula is C14H18N4O3. The average Bonchev–Trinajstić information content (AvgIpc) is 2.45. The number of anilines is 2. The number of rotatable bonds is 4. The number of hydrogen-bond acceptors (Lipinski definition) is 4. The van der Waals surface area contributed by atoms with E-state index < -0.39 is 0 Å². The van der Waals surface area contributed by atoms with E-state index in [0.29, 0.717) is 17.9 Å². The van der Waals surface area contributed by atoms with Crippen molar-refractivity contribution in [2.45, 2.75) is 6.92 Å². The monoisotopic (exact) mass is 290 g/mol. The van der Waals surface area contributed by atoms with Crippen LogP contribution in [0.5, 0.6) is 0 Å². The van der Waals surface area contributed by atoms with Gasteiger partial charge in [0, 0.05) is 17.9 Å². The minimum atomic E-state index is -0.342. The zero-order valence-corrected chi connectivity index (χ0v) is 11.8. The molecule has 1 aromatic carbocycles. The van der Waals surface area contributed by atoms with Crippen molar-refractivity contribution >= 4 is 29.1 Å². The highest BCUT2D eigenvalue weighted by atomic mass is 16.2. The van der Waals surface area contributed by atoms with Gasteiger partial charge in [-0.25, -0.2) is 0 Å². The normalized spacial score (nSPS) is 15.3. The second-order valence-electron chi connectivity index (χ2n) is 4.83. The summed E-state index contributed by atoms with van der Waals surface area (Å²) in [5, 5.41) is 2.66. The van der Waals surface area contributed by atoms with Crippen LogP contribution in [-0.2, 0) is 14.4 Å². The first kappa shape index (κ1) is 14.8. The highest BCUT2D eigenvalue weighted by molar-refractivity contribution is 5.98. The lowest BCUT2D eigenvalue weighted by Crippen LogP contribution is -2.55. The topological polar surface area (TPSA) is 95.7 Å². The first-order chi connectivity index (χ1) is 9.99. The molecule has 2 rings (SSSR count). The fourth-order valence-electron chi connectivity index (χ4n) is 2.08. The van der Waals surface area contributed by atoms with Gasteiger partial charge in [-0.3, -0.25) is 14.4 Å². The predicted octanol–water partition coefficient (Wildman–Crippen LogP) is -0.102. The number of piperazine rings is 1. The molecule has 1 aromatic rings. The smallest absolute Gasteiger partial charge is 0.244 e. The van der Waals surface area contributed by atoms with Crippen LogP contribution < -0.4 is 11.1 Å². The molecule has 1 aliphatic heterocycles. The summed E-state index contributed by atoms with van der Waals surface area (Å²) < 4.78 is 0. The lowest BCUT2D eigenvalue weighted by molar-refractivity contribution is -0.150. The number of nitrogens with one attached hydrogen (secondary N) is 1. The van der Waals surface area contributed by atoms with Gasteiger partial charge >= 0.3 is 0 Å². The Bertz CT molecular complexity index is 556. The number of likely N-dealkylation sites (N-methyl/N-ethyl adjacent to an activating group) is 1. The molecule has 7 nitrogen and oxygen atoms in total. The minimum Gasteiger partial charge on any atom is -0.399 e. The molecule has 1 saturated heterocycles. The molecule has 3 amide bonds. The summed E-state index contributed by atoms with van der Waals surface area (Å²) >= 11 is 0.